The van der Waals surface area contributed by atoms with E-state index in [1.54, 1.807) is 0 Å². The summed E-state index contributed by atoms with van der Waals surface area (Å²) in [4.78, 5) is 2.61. The number of nitrogens with zero attached hydrogens (tertiary/aromatic N) is 1. The second-order valence-electron chi connectivity index (χ2n) is 5.46. The minimum absolute atomic E-state index is 0.650. The lowest BCUT2D eigenvalue weighted by molar-refractivity contribution is -0.0760. The summed E-state index contributed by atoms with van der Waals surface area (Å²) in [5.41, 5.74) is 0. The molecule has 3 nitrogen and oxygen atoms in total. The van der Waals surface area contributed by atoms with Gasteiger partial charge in [-0.05, 0) is 39.7 Å². The lowest BCUT2D eigenvalue weighted by atomic mass is 10.0. The van der Waals surface area contributed by atoms with Crippen LogP contribution in [-0.4, -0.2) is 49.3 Å². The highest BCUT2D eigenvalue weighted by molar-refractivity contribution is 4.82. The molecule has 2 rings (SSSR count). The van der Waals surface area contributed by atoms with Crippen LogP contribution < -0.4 is 5.32 Å². The second-order valence-corrected chi connectivity index (χ2v) is 5.46. The van der Waals surface area contributed by atoms with Crippen molar-refractivity contribution in [3.8, 4) is 0 Å². The summed E-state index contributed by atoms with van der Waals surface area (Å²) >= 11 is 0. The summed E-state index contributed by atoms with van der Waals surface area (Å²) in [7, 11) is 0. The van der Waals surface area contributed by atoms with Gasteiger partial charge in [-0.15, -0.1) is 0 Å². The molecule has 0 radical (unpaired) electrons. The molecule has 2 saturated heterocycles. The number of ether oxygens (including phenoxy) is 1. The van der Waals surface area contributed by atoms with E-state index in [2.05, 4.69) is 24.1 Å². The van der Waals surface area contributed by atoms with E-state index in [1.165, 1.54) is 38.8 Å². The summed E-state index contributed by atoms with van der Waals surface area (Å²) in [6.45, 7) is 8.92. The number of piperidine rings is 1. The predicted molar refractivity (Wildman–Crippen MR) is 66.7 cm³/mol. The lowest BCUT2D eigenvalue weighted by Gasteiger charge is -2.40. The molecule has 2 aliphatic heterocycles. The molecule has 0 aliphatic carbocycles. The zero-order valence-electron chi connectivity index (χ0n) is 10.7. The van der Waals surface area contributed by atoms with Crippen LogP contribution in [0.2, 0.25) is 0 Å². The Bertz CT molecular complexity index is 198. The fourth-order valence-electron chi connectivity index (χ4n) is 2.75. The number of rotatable bonds is 5. The third kappa shape index (κ3) is 3.19. The van der Waals surface area contributed by atoms with E-state index in [1.807, 2.05) is 0 Å². The van der Waals surface area contributed by atoms with Gasteiger partial charge in [-0.3, -0.25) is 4.90 Å². The first-order chi connectivity index (χ1) is 7.77. The molecule has 16 heavy (non-hydrogen) atoms. The third-order valence-electron chi connectivity index (χ3n) is 3.90. The van der Waals surface area contributed by atoms with Crippen molar-refractivity contribution in [2.45, 2.75) is 57.7 Å². The van der Waals surface area contributed by atoms with Crippen LogP contribution in [0.4, 0.5) is 0 Å². The minimum Gasteiger partial charge on any atom is -0.378 e. The van der Waals surface area contributed by atoms with Crippen LogP contribution in [0, 0.1) is 0 Å². The van der Waals surface area contributed by atoms with Gasteiger partial charge in [0.15, 0.2) is 0 Å². The van der Waals surface area contributed by atoms with Crippen LogP contribution in [0.25, 0.3) is 0 Å². The van der Waals surface area contributed by atoms with Crippen LogP contribution >= 0.6 is 0 Å². The van der Waals surface area contributed by atoms with Crippen LogP contribution in [0.3, 0.4) is 0 Å². The van der Waals surface area contributed by atoms with Crippen molar-refractivity contribution in [1.29, 1.82) is 0 Å². The Labute approximate surface area is 99.5 Å². The first-order valence-electron chi connectivity index (χ1n) is 6.84. The quantitative estimate of drug-likeness (QED) is 0.771. The molecule has 94 valence electrons. The van der Waals surface area contributed by atoms with Gasteiger partial charge < -0.3 is 10.1 Å². The van der Waals surface area contributed by atoms with E-state index in [4.69, 9.17) is 4.74 Å². The molecule has 1 atom stereocenters. The van der Waals surface area contributed by atoms with Crippen molar-refractivity contribution < 1.29 is 4.74 Å². The van der Waals surface area contributed by atoms with Crippen molar-refractivity contribution in [1.82, 2.24) is 10.2 Å². The van der Waals surface area contributed by atoms with Crippen molar-refractivity contribution in [2.75, 3.05) is 26.3 Å². The molecule has 0 bridgehead atoms. The van der Waals surface area contributed by atoms with E-state index in [0.717, 1.165) is 19.3 Å². The molecule has 1 N–H and O–H groups in total. The molecule has 2 heterocycles. The van der Waals surface area contributed by atoms with Gasteiger partial charge in [0.2, 0.25) is 0 Å². The van der Waals surface area contributed by atoms with Gasteiger partial charge in [-0.2, -0.15) is 0 Å². The maximum absolute atomic E-state index is 5.30. The second kappa shape index (κ2) is 5.99. The van der Waals surface area contributed by atoms with E-state index in [0.29, 0.717) is 12.1 Å². The van der Waals surface area contributed by atoms with Crippen LogP contribution in [0.15, 0.2) is 0 Å². The zero-order chi connectivity index (χ0) is 11.4. The molecular formula is C13H26N2O. The normalized spacial score (nSPS) is 27.4. The fourth-order valence-corrected chi connectivity index (χ4v) is 2.75. The molecule has 2 aliphatic rings. The van der Waals surface area contributed by atoms with Gasteiger partial charge in [0, 0.05) is 18.6 Å². The maximum atomic E-state index is 5.30. The minimum atomic E-state index is 0.650. The highest BCUT2D eigenvalue weighted by Crippen LogP contribution is 2.17. The number of hydrogen-bond acceptors (Lipinski definition) is 3. The fraction of sp³-hybridized carbons (Fsp3) is 1.00. The van der Waals surface area contributed by atoms with Gasteiger partial charge in [0.25, 0.3) is 0 Å². The molecule has 3 heteroatoms. The van der Waals surface area contributed by atoms with Crippen molar-refractivity contribution >= 4 is 0 Å². The van der Waals surface area contributed by atoms with Gasteiger partial charge >= 0.3 is 0 Å². The van der Waals surface area contributed by atoms with Gasteiger partial charge in [-0.25, -0.2) is 0 Å². The Balaban J connectivity index is 1.72. The summed E-state index contributed by atoms with van der Waals surface area (Å²) < 4.78 is 5.30. The third-order valence-corrected chi connectivity index (χ3v) is 3.90. The average Bonchev–Trinajstić information content (AvgIpc) is 2.22. The van der Waals surface area contributed by atoms with Crippen molar-refractivity contribution in [3.05, 3.63) is 0 Å². The molecule has 0 aromatic rings. The molecular weight excluding hydrogens is 200 g/mol. The Hall–Kier alpha value is -0.120. The maximum Gasteiger partial charge on any atom is 0.0645 e. The van der Waals surface area contributed by atoms with Crippen molar-refractivity contribution in [2.24, 2.45) is 0 Å². The molecule has 2 fully saturated rings. The average molecular weight is 226 g/mol. The highest BCUT2D eigenvalue weighted by atomic mass is 16.5. The first kappa shape index (κ1) is 12.3. The Morgan fingerprint density at radius 2 is 2.12 bits per heavy atom. The Morgan fingerprint density at radius 1 is 1.31 bits per heavy atom. The Kier molecular flexibility index (Phi) is 4.62. The standard InChI is InChI=1S/C13H26N2O/c1-11(2)15(13-9-16-10-13)8-6-12-5-3-4-7-14-12/h11-14H,3-10H2,1-2H3. The topological polar surface area (TPSA) is 24.5 Å². The highest BCUT2D eigenvalue weighted by Gasteiger charge is 2.28. The van der Waals surface area contributed by atoms with E-state index < -0.39 is 0 Å². The molecule has 0 saturated carbocycles. The summed E-state index contributed by atoms with van der Waals surface area (Å²) in [5.74, 6) is 0. The SMILES string of the molecule is CC(C)N(CCC1CCCCN1)C1COC1. The van der Waals surface area contributed by atoms with Crippen LogP contribution in [0.5, 0.6) is 0 Å². The summed E-state index contributed by atoms with van der Waals surface area (Å²) in [6.07, 6.45) is 5.44. The van der Waals surface area contributed by atoms with Gasteiger partial charge in [0.1, 0.15) is 0 Å². The zero-order valence-corrected chi connectivity index (χ0v) is 10.7. The van der Waals surface area contributed by atoms with Gasteiger partial charge in [0.05, 0.1) is 19.3 Å². The van der Waals surface area contributed by atoms with E-state index in [-0.39, 0.29) is 0 Å². The molecule has 0 amide bonds. The van der Waals surface area contributed by atoms with Crippen LogP contribution in [-0.2, 0) is 4.74 Å². The van der Waals surface area contributed by atoms with E-state index in [9.17, 15) is 0 Å². The van der Waals surface area contributed by atoms with Crippen LogP contribution in [0.1, 0.15) is 39.5 Å². The molecule has 0 spiro atoms. The smallest absolute Gasteiger partial charge is 0.0645 e. The number of nitrogens with one attached hydrogen (secondary N) is 1. The predicted octanol–water partition coefficient (Wildman–Crippen LogP) is 1.63. The number of hydrogen-bond donors (Lipinski definition) is 1. The largest absolute Gasteiger partial charge is 0.378 e. The summed E-state index contributed by atoms with van der Waals surface area (Å²) in [5, 5.41) is 3.63. The van der Waals surface area contributed by atoms with E-state index >= 15 is 0 Å². The summed E-state index contributed by atoms with van der Waals surface area (Å²) in [6, 6.07) is 2.09. The molecule has 0 aromatic carbocycles. The molecule has 1 unspecified atom stereocenters. The first-order valence-corrected chi connectivity index (χ1v) is 6.84. The Morgan fingerprint density at radius 3 is 2.62 bits per heavy atom. The van der Waals surface area contributed by atoms with Crippen molar-refractivity contribution in [3.63, 3.8) is 0 Å². The lowest BCUT2D eigenvalue weighted by Crippen LogP contribution is -2.53. The monoisotopic (exact) mass is 226 g/mol. The van der Waals surface area contributed by atoms with Gasteiger partial charge in [-0.1, -0.05) is 6.42 Å². The molecule has 0 aromatic heterocycles.